The number of aromatic nitrogens is 1. The molecule has 0 aliphatic heterocycles. The maximum absolute atomic E-state index is 13.2. The van der Waals surface area contributed by atoms with Crippen LogP contribution in [0.1, 0.15) is 10.4 Å². The summed E-state index contributed by atoms with van der Waals surface area (Å²) in [6.45, 7) is 0. The number of benzene rings is 3. The number of carbonyl (C=O) groups is 1. The molecule has 0 unspecified atom stereocenters. The summed E-state index contributed by atoms with van der Waals surface area (Å²) in [6, 6.07) is 20.2. The molecule has 30 heavy (non-hydrogen) atoms. The highest BCUT2D eigenvalue weighted by atomic mass is 19.1. The van der Waals surface area contributed by atoms with Crippen molar-refractivity contribution < 1.29 is 18.7 Å². The summed E-state index contributed by atoms with van der Waals surface area (Å²) in [4.78, 5) is 17.2. The first kappa shape index (κ1) is 19.4. The Bertz CT molecular complexity index is 1210. The van der Waals surface area contributed by atoms with E-state index in [2.05, 4.69) is 10.3 Å². The number of anilines is 1. The molecule has 0 aliphatic carbocycles. The zero-order chi connectivity index (χ0) is 21.1. The van der Waals surface area contributed by atoms with Crippen molar-refractivity contribution in [3.05, 3.63) is 84.2 Å². The molecule has 0 aliphatic rings. The van der Waals surface area contributed by atoms with Crippen LogP contribution in [0.25, 0.3) is 22.2 Å². The molecule has 6 heteroatoms. The molecule has 5 nitrogen and oxygen atoms in total. The van der Waals surface area contributed by atoms with E-state index in [4.69, 9.17) is 9.47 Å². The van der Waals surface area contributed by atoms with Crippen LogP contribution in [0.15, 0.2) is 72.8 Å². The van der Waals surface area contributed by atoms with Gasteiger partial charge in [0.25, 0.3) is 5.91 Å². The first-order valence-corrected chi connectivity index (χ1v) is 9.27. The van der Waals surface area contributed by atoms with Crippen LogP contribution < -0.4 is 14.8 Å². The second-order valence-electron chi connectivity index (χ2n) is 6.63. The number of methoxy groups -OCH3 is 2. The summed E-state index contributed by atoms with van der Waals surface area (Å²) in [5.41, 5.74) is 3.31. The molecule has 0 saturated carbocycles. The summed E-state index contributed by atoms with van der Waals surface area (Å²) in [6.07, 6.45) is 0. The Morgan fingerprint density at radius 3 is 2.30 bits per heavy atom. The Balaban J connectivity index is 1.65. The van der Waals surface area contributed by atoms with Gasteiger partial charge in [0.2, 0.25) is 0 Å². The highest BCUT2D eigenvalue weighted by Gasteiger charge is 2.11. The molecule has 1 N–H and O–H groups in total. The SMILES string of the molecule is COc1ccc(C(=O)Nc2ccc3nc(-c4ccc(F)cc4)cc(OC)c3c2)cc1. The molecule has 150 valence electrons. The third kappa shape index (κ3) is 3.93. The average Bonchev–Trinajstić information content (AvgIpc) is 2.79. The first-order chi connectivity index (χ1) is 14.6. The standard InChI is InChI=1S/C24H19FN2O3/c1-29-19-10-5-16(6-11-19)24(28)26-18-9-12-21-20(13-18)23(30-2)14-22(27-21)15-3-7-17(25)8-4-15/h3-14H,1-2H3,(H,26,28). The van der Waals surface area contributed by atoms with Gasteiger partial charge in [-0.15, -0.1) is 0 Å². The van der Waals surface area contributed by atoms with Crippen molar-refractivity contribution in [1.82, 2.24) is 4.98 Å². The van der Waals surface area contributed by atoms with Crippen molar-refractivity contribution in [2.75, 3.05) is 19.5 Å². The second kappa shape index (κ2) is 8.21. The minimum atomic E-state index is -0.302. The van der Waals surface area contributed by atoms with E-state index in [9.17, 15) is 9.18 Å². The van der Waals surface area contributed by atoms with Gasteiger partial charge < -0.3 is 14.8 Å². The lowest BCUT2D eigenvalue weighted by atomic mass is 10.1. The van der Waals surface area contributed by atoms with E-state index in [-0.39, 0.29) is 11.7 Å². The van der Waals surface area contributed by atoms with Crippen LogP contribution in [0, 0.1) is 5.82 Å². The van der Waals surface area contributed by atoms with Crippen LogP contribution in [0.5, 0.6) is 11.5 Å². The van der Waals surface area contributed by atoms with Gasteiger partial charge in [0.05, 0.1) is 25.4 Å². The van der Waals surface area contributed by atoms with Crippen molar-refractivity contribution in [2.24, 2.45) is 0 Å². The van der Waals surface area contributed by atoms with Crippen molar-refractivity contribution in [3.63, 3.8) is 0 Å². The van der Waals surface area contributed by atoms with E-state index in [1.165, 1.54) is 12.1 Å². The maximum atomic E-state index is 13.2. The van der Waals surface area contributed by atoms with E-state index in [0.29, 0.717) is 34.0 Å². The smallest absolute Gasteiger partial charge is 0.255 e. The quantitative estimate of drug-likeness (QED) is 0.491. The molecule has 1 amide bonds. The molecule has 0 fully saturated rings. The van der Waals surface area contributed by atoms with Crippen LogP contribution in [-0.4, -0.2) is 25.1 Å². The lowest BCUT2D eigenvalue weighted by Crippen LogP contribution is -2.11. The molecule has 1 heterocycles. The topological polar surface area (TPSA) is 60.5 Å². The number of nitrogens with one attached hydrogen (secondary N) is 1. The molecule has 4 rings (SSSR count). The van der Waals surface area contributed by atoms with Crippen molar-refractivity contribution in [3.8, 4) is 22.8 Å². The van der Waals surface area contributed by atoms with Gasteiger partial charge in [0.1, 0.15) is 17.3 Å². The predicted molar refractivity (Wildman–Crippen MR) is 115 cm³/mol. The van der Waals surface area contributed by atoms with Crippen molar-refractivity contribution in [2.45, 2.75) is 0 Å². The normalized spacial score (nSPS) is 10.6. The van der Waals surface area contributed by atoms with Gasteiger partial charge in [-0.3, -0.25) is 4.79 Å². The van der Waals surface area contributed by atoms with Crippen LogP contribution in [0.2, 0.25) is 0 Å². The van der Waals surface area contributed by atoms with E-state index in [1.54, 1.807) is 62.8 Å². The number of nitrogens with zero attached hydrogens (tertiary/aromatic N) is 1. The average molecular weight is 402 g/mol. The molecule has 1 aromatic heterocycles. The maximum Gasteiger partial charge on any atom is 0.255 e. The zero-order valence-corrected chi connectivity index (χ0v) is 16.5. The Morgan fingerprint density at radius 1 is 0.900 bits per heavy atom. The predicted octanol–water partition coefficient (Wildman–Crippen LogP) is 5.31. The molecular formula is C24H19FN2O3. The molecule has 0 bridgehead atoms. The fraction of sp³-hybridized carbons (Fsp3) is 0.0833. The number of rotatable bonds is 5. The minimum absolute atomic E-state index is 0.230. The molecule has 3 aromatic carbocycles. The van der Waals surface area contributed by atoms with E-state index in [1.807, 2.05) is 12.1 Å². The van der Waals surface area contributed by atoms with Gasteiger partial charge in [-0.25, -0.2) is 9.37 Å². The van der Waals surface area contributed by atoms with Crippen molar-refractivity contribution in [1.29, 1.82) is 0 Å². The summed E-state index contributed by atoms with van der Waals surface area (Å²) in [5, 5.41) is 3.65. The zero-order valence-electron chi connectivity index (χ0n) is 16.5. The van der Waals surface area contributed by atoms with Crippen LogP contribution in [0.3, 0.4) is 0 Å². The fourth-order valence-electron chi connectivity index (χ4n) is 3.16. The number of ether oxygens (including phenoxy) is 2. The fourth-order valence-corrected chi connectivity index (χ4v) is 3.16. The molecule has 0 atom stereocenters. The highest BCUT2D eigenvalue weighted by Crippen LogP contribution is 2.32. The van der Waals surface area contributed by atoms with Crippen LogP contribution in [0.4, 0.5) is 10.1 Å². The molecule has 0 saturated heterocycles. The van der Waals surface area contributed by atoms with Gasteiger partial charge >= 0.3 is 0 Å². The Labute approximate surface area is 173 Å². The van der Waals surface area contributed by atoms with Gasteiger partial charge in [-0.2, -0.15) is 0 Å². The Kier molecular flexibility index (Phi) is 5.30. The molecule has 0 spiro atoms. The number of amides is 1. The van der Waals surface area contributed by atoms with E-state index < -0.39 is 0 Å². The molecule has 0 radical (unpaired) electrons. The number of hydrogen-bond acceptors (Lipinski definition) is 4. The summed E-state index contributed by atoms with van der Waals surface area (Å²) >= 11 is 0. The summed E-state index contributed by atoms with van der Waals surface area (Å²) in [5.74, 6) is 0.764. The first-order valence-electron chi connectivity index (χ1n) is 9.27. The van der Waals surface area contributed by atoms with E-state index in [0.717, 1.165) is 10.9 Å². The minimum Gasteiger partial charge on any atom is -0.497 e. The van der Waals surface area contributed by atoms with Gasteiger partial charge in [0, 0.05) is 28.3 Å². The largest absolute Gasteiger partial charge is 0.497 e. The summed E-state index contributed by atoms with van der Waals surface area (Å²) in [7, 11) is 3.15. The Hall–Kier alpha value is -3.93. The second-order valence-corrected chi connectivity index (χ2v) is 6.63. The number of pyridine rings is 1. The monoisotopic (exact) mass is 402 g/mol. The van der Waals surface area contributed by atoms with Crippen molar-refractivity contribution >= 4 is 22.5 Å². The van der Waals surface area contributed by atoms with E-state index >= 15 is 0 Å². The number of halogens is 1. The van der Waals surface area contributed by atoms with Gasteiger partial charge in [-0.1, -0.05) is 0 Å². The van der Waals surface area contributed by atoms with Gasteiger partial charge in [-0.05, 0) is 66.7 Å². The number of hydrogen-bond donors (Lipinski definition) is 1. The third-order valence-electron chi connectivity index (χ3n) is 4.74. The molecule has 4 aromatic rings. The Morgan fingerprint density at radius 2 is 1.63 bits per heavy atom. The lowest BCUT2D eigenvalue weighted by Gasteiger charge is -2.11. The van der Waals surface area contributed by atoms with Crippen LogP contribution in [-0.2, 0) is 0 Å². The molecular weight excluding hydrogens is 383 g/mol. The summed E-state index contributed by atoms with van der Waals surface area (Å²) < 4.78 is 23.9. The highest BCUT2D eigenvalue weighted by molar-refractivity contribution is 6.05. The lowest BCUT2D eigenvalue weighted by molar-refractivity contribution is 0.102. The number of carbonyl (C=O) groups excluding carboxylic acids is 1. The number of fused-ring (bicyclic) bond motifs is 1. The van der Waals surface area contributed by atoms with Crippen LogP contribution >= 0.6 is 0 Å². The third-order valence-corrected chi connectivity index (χ3v) is 4.74. The van der Waals surface area contributed by atoms with Gasteiger partial charge in [0.15, 0.2) is 0 Å².